The summed E-state index contributed by atoms with van der Waals surface area (Å²) in [5, 5.41) is 15.3. The van der Waals surface area contributed by atoms with Crippen molar-refractivity contribution in [3.05, 3.63) is 10.6 Å². The van der Waals surface area contributed by atoms with Gasteiger partial charge in [0.25, 0.3) is 0 Å². The maximum Gasteiger partial charge on any atom is 0.226 e. The monoisotopic (exact) mass is 475 g/mol. The molecule has 2 N–H and O–H groups in total. The van der Waals surface area contributed by atoms with Crippen LogP contribution in [0.15, 0.2) is 0 Å². The molecule has 1 aliphatic heterocycles. The van der Waals surface area contributed by atoms with Crippen molar-refractivity contribution < 1.29 is 14.7 Å². The summed E-state index contributed by atoms with van der Waals surface area (Å²) in [5.74, 6) is 0.206. The van der Waals surface area contributed by atoms with Gasteiger partial charge in [-0.2, -0.15) is 0 Å². The van der Waals surface area contributed by atoms with E-state index in [1.807, 2.05) is 11.8 Å². The van der Waals surface area contributed by atoms with Crippen molar-refractivity contribution >= 4 is 28.3 Å². The highest BCUT2D eigenvalue weighted by Crippen LogP contribution is 2.57. The first-order valence-electron chi connectivity index (χ1n) is 12.7. The zero-order valence-electron chi connectivity index (χ0n) is 21.1. The standard InChI is InChI=1S/C26H41N3O3S/c1-15(23(32)29-11-7-8-12-29)17-9-10-26(6)13-18-21(16(2)20(26)22(17)31)28-24(33-18)27-19(30)14-25(3,4)5/h15-17,20,22,31H,7-14H2,1-6H3,(H,27,28,30)/t15-,16-,17?,20+,22-,26-/m0/s1. The van der Waals surface area contributed by atoms with E-state index in [9.17, 15) is 14.7 Å². The fourth-order valence-electron chi connectivity index (χ4n) is 6.65. The molecule has 6 nitrogen and oxygen atoms in total. The van der Waals surface area contributed by atoms with Crippen LogP contribution in [0.1, 0.15) is 90.1 Å². The Morgan fingerprint density at radius 3 is 2.61 bits per heavy atom. The summed E-state index contributed by atoms with van der Waals surface area (Å²) >= 11 is 1.59. The molecule has 1 saturated heterocycles. The van der Waals surface area contributed by atoms with Crippen molar-refractivity contribution in [2.45, 2.75) is 92.1 Å². The van der Waals surface area contributed by atoms with Crippen LogP contribution in [-0.4, -0.2) is 46.0 Å². The second kappa shape index (κ2) is 8.95. The Morgan fingerprint density at radius 1 is 1.30 bits per heavy atom. The third-order valence-electron chi connectivity index (χ3n) is 8.31. The number of fused-ring (bicyclic) bond motifs is 2. The van der Waals surface area contributed by atoms with Gasteiger partial charge in [-0.05, 0) is 54.8 Å². The smallest absolute Gasteiger partial charge is 0.226 e. The number of amides is 2. The van der Waals surface area contributed by atoms with E-state index in [0.29, 0.717) is 11.6 Å². The maximum absolute atomic E-state index is 13.1. The molecule has 2 aliphatic carbocycles. The molecular formula is C26H41N3O3S. The van der Waals surface area contributed by atoms with Gasteiger partial charge < -0.3 is 15.3 Å². The summed E-state index contributed by atoms with van der Waals surface area (Å²) in [7, 11) is 0. The number of carbonyl (C=O) groups excluding carboxylic acids is 2. The van der Waals surface area contributed by atoms with E-state index in [1.54, 1.807) is 11.3 Å². The van der Waals surface area contributed by atoms with E-state index >= 15 is 0 Å². The van der Waals surface area contributed by atoms with Crippen molar-refractivity contribution in [3.63, 3.8) is 0 Å². The minimum absolute atomic E-state index is 0.000716. The third-order valence-corrected chi connectivity index (χ3v) is 9.30. The molecule has 1 aromatic heterocycles. The van der Waals surface area contributed by atoms with Crippen LogP contribution in [0.4, 0.5) is 5.13 Å². The quantitative estimate of drug-likeness (QED) is 0.653. The van der Waals surface area contributed by atoms with Gasteiger partial charge in [0.2, 0.25) is 11.8 Å². The Kier molecular flexibility index (Phi) is 6.69. The molecule has 2 heterocycles. The van der Waals surface area contributed by atoms with E-state index < -0.39 is 6.10 Å². The Morgan fingerprint density at radius 2 is 1.97 bits per heavy atom. The van der Waals surface area contributed by atoms with Crippen LogP contribution in [0.25, 0.3) is 0 Å². The minimum Gasteiger partial charge on any atom is -0.392 e. The highest BCUT2D eigenvalue weighted by atomic mass is 32.1. The van der Waals surface area contributed by atoms with Gasteiger partial charge in [-0.1, -0.05) is 41.5 Å². The molecule has 0 bridgehead atoms. The Balaban J connectivity index is 1.52. The average Bonchev–Trinajstić information content (AvgIpc) is 3.35. The lowest BCUT2D eigenvalue weighted by Gasteiger charge is -2.53. The molecule has 1 saturated carbocycles. The summed E-state index contributed by atoms with van der Waals surface area (Å²) in [5.41, 5.74) is 0.934. The SMILES string of the molecule is C[C@H](C(=O)N1CCCC1)C1CC[C@@]2(C)Cc3sc(NC(=O)CC(C)(C)C)nc3[C@@H](C)[C@@H]2[C@H]1O. The number of likely N-dealkylation sites (tertiary alicyclic amines) is 1. The number of anilines is 1. The Hall–Kier alpha value is -1.47. The number of thiazole rings is 1. The van der Waals surface area contributed by atoms with Crippen LogP contribution < -0.4 is 5.32 Å². The molecule has 184 valence electrons. The molecule has 1 unspecified atom stereocenters. The molecule has 33 heavy (non-hydrogen) atoms. The van der Waals surface area contributed by atoms with E-state index in [0.717, 1.165) is 50.9 Å². The van der Waals surface area contributed by atoms with Gasteiger partial charge in [0.15, 0.2) is 5.13 Å². The van der Waals surface area contributed by atoms with E-state index in [-0.39, 0.29) is 46.3 Å². The topological polar surface area (TPSA) is 82.5 Å². The molecule has 0 radical (unpaired) electrons. The van der Waals surface area contributed by atoms with E-state index in [4.69, 9.17) is 4.98 Å². The van der Waals surface area contributed by atoms with Gasteiger partial charge in [0.1, 0.15) is 0 Å². The number of nitrogens with zero attached hydrogens (tertiary/aromatic N) is 2. The predicted octanol–water partition coefficient (Wildman–Crippen LogP) is 4.83. The molecule has 1 aromatic rings. The number of aliphatic hydroxyl groups excluding tert-OH is 1. The van der Waals surface area contributed by atoms with Crippen LogP contribution in [0.3, 0.4) is 0 Å². The summed E-state index contributed by atoms with van der Waals surface area (Å²) in [6, 6.07) is 0. The molecule has 0 spiro atoms. The van der Waals surface area contributed by atoms with Crippen molar-refractivity contribution in [2.75, 3.05) is 18.4 Å². The van der Waals surface area contributed by atoms with Gasteiger partial charge in [-0.25, -0.2) is 4.98 Å². The largest absolute Gasteiger partial charge is 0.392 e. The van der Waals surface area contributed by atoms with Crippen LogP contribution in [0.2, 0.25) is 0 Å². The minimum atomic E-state index is -0.519. The van der Waals surface area contributed by atoms with Crippen molar-refractivity contribution in [3.8, 4) is 0 Å². The summed E-state index contributed by atoms with van der Waals surface area (Å²) in [6.45, 7) is 14.4. The maximum atomic E-state index is 13.1. The second-order valence-corrected chi connectivity index (χ2v) is 13.4. The second-order valence-electron chi connectivity index (χ2n) is 12.3. The number of carbonyl (C=O) groups is 2. The van der Waals surface area contributed by atoms with Gasteiger partial charge in [0.05, 0.1) is 11.8 Å². The number of aromatic nitrogens is 1. The first-order valence-corrected chi connectivity index (χ1v) is 13.5. The highest BCUT2D eigenvalue weighted by Gasteiger charge is 2.54. The van der Waals surface area contributed by atoms with E-state index in [1.165, 1.54) is 4.88 Å². The van der Waals surface area contributed by atoms with Crippen LogP contribution in [0.5, 0.6) is 0 Å². The number of nitrogens with one attached hydrogen (secondary N) is 1. The molecule has 3 aliphatic rings. The van der Waals surface area contributed by atoms with E-state index in [2.05, 4.69) is 39.9 Å². The number of rotatable bonds is 4. The first-order chi connectivity index (χ1) is 15.4. The highest BCUT2D eigenvalue weighted by molar-refractivity contribution is 7.15. The number of hydrogen-bond acceptors (Lipinski definition) is 5. The van der Waals surface area contributed by atoms with Crippen LogP contribution in [-0.2, 0) is 16.0 Å². The fraction of sp³-hybridized carbons (Fsp3) is 0.808. The Labute approximate surface area is 202 Å². The first kappa shape index (κ1) is 24.6. The summed E-state index contributed by atoms with van der Waals surface area (Å²) in [6.07, 6.45) is 4.87. The lowest BCUT2D eigenvalue weighted by Crippen LogP contribution is -2.53. The van der Waals surface area contributed by atoms with Crippen molar-refractivity contribution in [1.29, 1.82) is 0 Å². The number of aliphatic hydroxyl groups is 1. The molecule has 2 fully saturated rings. The lowest BCUT2D eigenvalue weighted by molar-refractivity contribution is -0.143. The fourth-order valence-corrected chi connectivity index (χ4v) is 7.93. The average molecular weight is 476 g/mol. The van der Waals surface area contributed by atoms with Gasteiger partial charge in [-0.3, -0.25) is 9.59 Å². The van der Waals surface area contributed by atoms with Crippen LogP contribution >= 0.6 is 11.3 Å². The van der Waals surface area contributed by atoms with Crippen molar-refractivity contribution in [1.82, 2.24) is 9.88 Å². The lowest BCUT2D eigenvalue weighted by atomic mass is 9.53. The molecule has 6 atom stereocenters. The summed E-state index contributed by atoms with van der Waals surface area (Å²) < 4.78 is 0. The van der Waals surface area contributed by atoms with Gasteiger partial charge in [0, 0.05) is 36.2 Å². The summed E-state index contributed by atoms with van der Waals surface area (Å²) in [4.78, 5) is 33.6. The molecule has 2 amide bonds. The third kappa shape index (κ3) is 4.86. The molecular weight excluding hydrogens is 434 g/mol. The zero-order valence-corrected chi connectivity index (χ0v) is 21.9. The van der Waals surface area contributed by atoms with Gasteiger partial charge >= 0.3 is 0 Å². The number of hydrogen-bond donors (Lipinski definition) is 2. The van der Waals surface area contributed by atoms with Gasteiger partial charge in [-0.15, -0.1) is 11.3 Å². The molecule has 4 rings (SSSR count). The molecule has 7 heteroatoms. The zero-order chi connectivity index (χ0) is 24.1. The molecule has 0 aromatic carbocycles. The van der Waals surface area contributed by atoms with Crippen LogP contribution in [0, 0.1) is 28.6 Å². The van der Waals surface area contributed by atoms with Crippen molar-refractivity contribution in [2.24, 2.45) is 28.6 Å². The Bertz CT molecular complexity index is 901. The normalized spacial score (nSPS) is 32.8. The predicted molar refractivity (Wildman–Crippen MR) is 132 cm³/mol.